The molecule has 5 nitrogen and oxygen atoms in total. The number of carbonyl (C=O) groups excluding carboxylic acids is 1. The maximum atomic E-state index is 12.2. The maximum absolute atomic E-state index is 12.2. The zero-order valence-electron chi connectivity index (χ0n) is 11.8. The first-order chi connectivity index (χ1) is 11.3. The Bertz CT molecular complexity index is 825. The first-order valence-electron chi connectivity index (χ1n) is 6.38. The van der Waals surface area contributed by atoms with Crippen molar-refractivity contribution in [2.24, 2.45) is 0 Å². The van der Waals surface area contributed by atoms with E-state index in [1.807, 2.05) is 63.4 Å². The van der Waals surface area contributed by atoms with Crippen molar-refractivity contribution in [1.29, 1.82) is 0 Å². The third-order valence-corrected chi connectivity index (χ3v) is 5.25. The van der Waals surface area contributed by atoms with Crippen LogP contribution in [0.1, 0.15) is 20.7 Å². The van der Waals surface area contributed by atoms with E-state index in [1.165, 1.54) is 6.07 Å². The summed E-state index contributed by atoms with van der Waals surface area (Å²) < 4.78 is 2.51. The molecule has 0 unspecified atom stereocenters. The van der Waals surface area contributed by atoms with Crippen LogP contribution in [0, 0.1) is 10.7 Å². The van der Waals surface area contributed by atoms with E-state index in [4.69, 9.17) is 12.2 Å². The summed E-state index contributed by atoms with van der Waals surface area (Å²) in [6.07, 6.45) is 0. The monoisotopic (exact) mass is 678 g/mol. The summed E-state index contributed by atoms with van der Waals surface area (Å²) in [6, 6.07) is 10.4. The Balaban J connectivity index is 2.17. The van der Waals surface area contributed by atoms with Gasteiger partial charge >= 0.3 is 5.97 Å². The number of anilines is 1. The number of aromatic carboxylic acids is 1. The molecule has 2 aromatic rings. The third-order valence-electron chi connectivity index (χ3n) is 2.86. The lowest BCUT2D eigenvalue weighted by Crippen LogP contribution is -2.34. The molecule has 0 atom stereocenters. The van der Waals surface area contributed by atoms with Crippen molar-refractivity contribution in [3.05, 3.63) is 58.2 Å². The normalized spacial score (nSPS) is 10.1. The van der Waals surface area contributed by atoms with E-state index in [2.05, 4.69) is 33.2 Å². The molecular formula is C15H9I3N2O3S. The third kappa shape index (κ3) is 5.23. The summed E-state index contributed by atoms with van der Waals surface area (Å²) in [5.74, 6) is -1.43. The number of nitrogens with one attached hydrogen (secondary N) is 2. The number of hydrogen-bond acceptors (Lipinski definition) is 3. The second-order valence-corrected chi connectivity index (χ2v) is 8.59. The Hall–Kier alpha value is -0.540. The van der Waals surface area contributed by atoms with Gasteiger partial charge in [0.25, 0.3) is 5.91 Å². The fraction of sp³-hybridized carbons (Fsp3) is 0. The molecule has 0 radical (unpaired) electrons. The molecule has 0 fully saturated rings. The molecule has 0 aliphatic heterocycles. The lowest BCUT2D eigenvalue weighted by Gasteiger charge is -2.14. The van der Waals surface area contributed by atoms with E-state index < -0.39 is 5.97 Å². The highest BCUT2D eigenvalue weighted by atomic mass is 127. The topological polar surface area (TPSA) is 78.4 Å². The average Bonchev–Trinajstić information content (AvgIpc) is 2.50. The average molecular weight is 678 g/mol. The molecular weight excluding hydrogens is 669 g/mol. The fourth-order valence-corrected chi connectivity index (χ4v) is 4.32. The largest absolute Gasteiger partial charge is 0.478 e. The Morgan fingerprint density at radius 3 is 2.21 bits per heavy atom. The van der Waals surface area contributed by atoms with Gasteiger partial charge in [0.05, 0.1) is 11.3 Å². The number of carboxylic acids is 1. The molecule has 9 heteroatoms. The van der Waals surface area contributed by atoms with Crippen LogP contribution in [0.3, 0.4) is 0 Å². The van der Waals surface area contributed by atoms with Crippen molar-refractivity contribution in [3.63, 3.8) is 0 Å². The molecule has 0 aliphatic carbocycles. The van der Waals surface area contributed by atoms with Crippen LogP contribution in [0.2, 0.25) is 0 Å². The van der Waals surface area contributed by atoms with Crippen LogP contribution >= 0.6 is 80.0 Å². The van der Waals surface area contributed by atoms with E-state index in [9.17, 15) is 14.7 Å². The van der Waals surface area contributed by atoms with Crippen molar-refractivity contribution >= 4 is 103 Å². The Labute approximate surface area is 184 Å². The van der Waals surface area contributed by atoms with E-state index in [1.54, 1.807) is 12.1 Å². The Kier molecular flexibility index (Phi) is 7.18. The summed E-state index contributed by atoms with van der Waals surface area (Å²) in [5.41, 5.74) is 0.920. The highest BCUT2D eigenvalue weighted by Crippen LogP contribution is 2.26. The van der Waals surface area contributed by atoms with Gasteiger partial charge in [0.15, 0.2) is 5.11 Å². The number of rotatable bonds is 3. The van der Waals surface area contributed by atoms with Crippen LogP contribution in [0.4, 0.5) is 5.69 Å². The number of amides is 1. The van der Waals surface area contributed by atoms with Crippen LogP contribution in [0.25, 0.3) is 0 Å². The Morgan fingerprint density at radius 2 is 1.62 bits per heavy atom. The highest BCUT2D eigenvalue weighted by Gasteiger charge is 2.17. The molecule has 0 heterocycles. The van der Waals surface area contributed by atoms with Gasteiger partial charge in [0.2, 0.25) is 0 Å². The molecule has 24 heavy (non-hydrogen) atoms. The van der Waals surface area contributed by atoms with Crippen LogP contribution in [-0.4, -0.2) is 22.1 Å². The number of carboxylic acid groups (broad SMARTS) is 1. The van der Waals surface area contributed by atoms with Crippen molar-refractivity contribution in [1.82, 2.24) is 5.32 Å². The van der Waals surface area contributed by atoms with Crippen LogP contribution in [-0.2, 0) is 0 Å². The van der Waals surface area contributed by atoms with E-state index in [0.29, 0.717) is 14.8 Å². The summed E-state index contributed by atoms with van der Waals surface area (Å²) in [7, 11) is 0. The van der Waals surface area contributed by atoms with Crippen LogP contribution in [0.5, 0.6) is 0 Å². The minimum atomic E-state index is -1.07. The van der Waals surface area contributed by atoms with Gasteiger partial charge in [-0.3, -0.25) is 10.1 Å². The summed E-state index contributed by atoms with van der Waals surface area (Å²) in [6.45, 7) is 0. The predicted molar refractivity (Wildman–Crippen MR) is 122 cm³/mol. The number of hydrogen-bond donors (Lipinski definition) is 3. The zero-order valence-corrected chi connectivity index (χ0v) is 19.1. The summed E-state index contributed by atoms with van der Waals surface area (Å²) >= 11 is 11.4. The number of thiocarbonyl (C=S) groups is 1. The lowest BCUT2D eigenvalue weighted by atomic mass is 10.2. The Morgan fingerprint density at radius 1 is 1.00 bits per heavy atom. The van der Waals surface area contributed by atoms with Crippen molar-refractivity contribution in [2.75, 3.05) is 5.32 Å². The first-order valence-corrected chi connectivity index (χ1v) is 10.0. The molecule has 0 aromatic heterocycles. The number of carbonyl (C=O) groups is 2. The van der Waals surface area contributed by atoms with E-state index >= 15 is 0 Å². The molecule has 2 rings (SSSR count). The lowest BCUT2D eigenvalue weighted by molar-refractivity contribution is 0.0697. The quantitative estimate of drug-likeness (QED) is 0.333. The van der Waals surface area contributed by atoms with Gasteiger partial charge in [0.1, 0.15) is 0 Å². The highest BCUT2D eigenvalue weighted by molar-refractivity contribution is 14.1. The molecule has 1 amide bonds. The fourth-order valence-electron chi connectivity index (χ4n) is 1.79. The van der Waals surface area contributed by atoms with Gasteiger partial charge in [-0.15, -0.1) is 0 Å². The minimum Gasteiger partial charge on any atom is -0.478 e. The van der Waals surface area contributed by atoms with Crippen LogP contribution in [0.15, 0.2) is 36.4 Å². The SMILES string of the molecule is O=C(NC(=S)Nc1c(I)cc(I)cc1C(=O)O)c1ccc(I)cc1. The van der Waals surface area contributed by atoms with Crippen molar-refractivity contribution < 1.29 is 14.7 Å². The summed E-state index contributed by atoms with van der Waals surface area (Å²) in [4.78, 5) is 23.6. The first kappa shape index (κ1) is 19.8. The smallest absolute Gasteiger partial charge is 0.337 e. The molecule has 2 aromatic carbocycles. The van der Waals surface area contributed by atoms with Crippen molar-refractivity contribution in [3.8, 4) is 0 Å². The molecule has 0 saturated carbocycles. The van der Waals surface area contributed by atoms with Gasteiger partial charge in [-0.25, -0.2) is 4.79 Å². The number of benzene rings is 2. The van der Waals surface area contributed by atoms with Crippen molar-refractivity contribution in [2.45, 2.75) is 0 Å². The second-order valence-electron chi connectivity index (χ2n) is 4.53. The minimum absolute atomic E-state index is 0.0418. The second kappa shape index (κ2) is 8.71. The van der Waals surface area contributed by atoms with E-state index in [-0.39, 0.29) is 16.6 Å². The molecule has 0 aliphatic rings. The van der Waals surface area contributed by atoms with Gasteiger partial charge in [0, 0.05) is 16.3 Å². The van der Waals surface area contributed by atoms with Gasteiger partial charge in [-0.1, -0.05) is 0 Å². The molecule has 0 spiro atoms. The number of halogens is 3. The molecule has 124 valence electrons. The molecule has 0 saturated heterocycles. The van der Waals surface area contributed by atoms with Crippen LogP contribution < -0.4 is 10.6 Å². The molecule has 3 N–H and O–H groups in total. The summed E-state index contributed by atoms with van der Waals surface area (Å²) in [5, 5.41) is 14.7. The van der Waals surface area contributed by atoms with Gasteiger partial charge < -0.3 is 10.4 Å². The molecule has 0 bridgehead atoms. The predicted octanol–water partition coefficient (Wildman–Crippen LogP) is 4.33. The van der Waals surface area contributed by atoms with Gasteiger partial charge in [-0.05, 0) is 116 Å². The van der Waals surface area contributed by atoms with E-state index in [0.717, 1.165) is 7.14 Å². The maximum Gasteiger partial charge on any atom is 0.337 e. The van der Waals surface area contributed by atoms with Gasteiger partial charge in [-0.2, -0.15) is 0 Å². The zero-order chi connectivity index (χ0) is 17.9. The standard InChI is InChI=1S/C15H9I3N2O3S/c16-8-3-1-7(2-4-8)13(21)20-15(24)19-12-10(14(22)23)5-9(17)6-11(12)18/h1-6H,(H,22,23)(H2,19,20,21,24).